The minimum absolute atomic E-state index is 0.129. The first-order valence-electron chi connectivity index (χ1n) is 12.4. The number of nitrogens with one attached hydrogen (secondary N) is 1. The summed E-state index contributed by atoms with van der Waals surface area (Å²) in [6.45, 7) is 13.0. The highest BCUT2D eigenvalue weighted by Crippen LogP contribution is 2.24. The van der Waals surface area contributed by atoms with E-state index < -0.39 is 0 Å². The number of allylic oxidation sites excluding steroid dienone is 2. The lowest BCUT2D eigenvalue weighted by molar-refractivity contribution is 0.102. The Labute approximate surface area is 221 Å². The summed E-state index contributed by atoms with van der Waals surface area (Å²) < 4.78 is 4.20. The lowest BCUT2D eigenvalue weighted by Crippen LogP contribution is -2.19. The van der Waals surface area contributed by atoms with Gasteiger partial charge in [0.25, 0.3) is 5.91 Å². The van der Waals surface area contributed by atoms with Gasteiger partial charge >= 0.3 is 0 Å². The summed E-state index contributed by atoms with van der Waals surface area (Å²) in [6, 6.07) is 17.3. The van der Waals surface area contributed by atoms with Gasteiger partial charge in [-0.05, 0) is 83.8 Å². The highest BCUT2D eigenvalue weighted by Gasteiger charge is 2.10. The molecule has 3 rings (SSSR count). The summed E-state index contributed by atoms with van der Waals surface area (Å²) >= 11 is 1.63. The Bertz CT molecular complexity index is 1110. The molecule has 3 aromatic rings. The van der Waals surface area contributed by atoms with Crippen molar-refractivity contribution in [3.8, 4) is 0 Å². The molecule has 1 heterocycles. The monoisotopic (exact) mass is 507 g/mol. The van der Waals surface area contributed by atoms with Crippen LogP contribution in [0.3, 0.4) is 0 Å². The number of anilines is 2. The fourth-order valence-corrected chi connectivity index (χ4v) is 3.65. The molecule has 7 heteroatoms. The number of hydrogen-bond acceptors (Lipinski definition) is 6. The van der Waals surface area contributed by atoms with Gasteiger partial charge < -0.3 is 9.62 Å². The average molecular weight is 508 g/mol. The lowest BCUT2D eigenvalue weighted by atomic mass is 10.1. The molecule has 0 saturated heterocycles. The van der Waals surface area contributed by atoms with Gasteiger partial charge in [-0.2, -0.15) is 0 Å². The zero-order chi connectivity index (χ0) is 26.9. The van der Waals surface area contributed by atoms with E-state index in [1.54, 1.807) is 18.3 Å². The Kier molecular flexibility index (Phi) is 14.8. The number of nitrogens with zero attached hydrogens (tertiary/aromatic N) is 4. The van der Waals surface area contributed by atoms with Crippen molar-refractivity contribution in [1.29, 1.82) is 0 Å². The van der Waals surface area contributed by atoms with E-state index in [0.29, 0.717) is 5.56 Å². The fourth-order valence-electron chi connectivity index (χ4n) is 2.92. The molecule has 1 N–H and O–H groups in total. The zero-order valence-corrected chi connectivity index (χ0v) is 23.8. The van der Waals surface area contributed by atoms with Crippen molar-refractivity contribution in [2.24, 2.45) is 4.99 Å². The highest BCUT2D eigenvalue weighted by atomic mass is 32.2. The number of hydrogen-bond donors (Lipinski definition) is 1. The molecule has 2 aromatic carbocycles. The van der Waals surface area contributed by atoms with Crippen LogP contribution in [0, 0.1) is 0 Å². The van der Waals surface area contributed by atoms with Gasteiger partial charge in [0.2, 0.25) is 0 Å². The molecule has 0 bridgehead atoms. The van der Waals surface area contributed by atoms with E-state index in [-0.39, 0.29) is 5.91 Å². The van der Waals surface area contributed by atoms with Gasteiger partial charge in [0.05, 0.1) is 5.52 Å². The predicted molar refractivity (Wildman–Crippen MR) is 160 cm³/mol. The molecular weight excluding hydrogens is 466 g/mol. The van der Waals surface area contributed by atoms with Gasteiger partial charge in [-0.3, -0.25) is 14.8 Å². The van der Waals surface area contributed by atoms with E-state index in [9.17, 15) is 4.79 Å². The summed E-state index contributed by atoms with van der Waals surface area (Å²) in [7, 11) is 4.02. The standard InChI is InChI=1S/C20H22N4OS.C7H13N.C2H6/c1-4-24(26-23(2)3)18-11-8-16(9-12-18)20(25)22-17-10-7-15-6-5-13-21-19(15)14-17;1-4-6-8-7(3)5-2;1-2/h5-14H,4H2,1-3H3,(H,22,25);5-6H,4H2,1-3H3;1-2H3/b;7-5+,8-6?;. The van der Waals surface area contributed by atoms with Gasteiger partial charge in [-0.1, -0.05) is 39.0 Å². The number of amides is 1. The normalized spacial score (nSPS) is 11.0. The number of carbonyl (C=O) groups excluding carboxylic acids is 1. The quantitative estimate of drug-likeness (QED) is 0.248. The van der Waals surface area contributed by atoms with E-state index in [4.69, 9.17) is 0 Å². The van der Waals surface area contributed by atoms with Crippen molar-refractivity contribution in [3.63, 3.8) is 0 Å². The molecule has 0 aliphatic carbocycles. The molecule has 0 atom stereocenters. The lowest BCUT2D eigenvalue weighted by Gasteiger charge is -2.24. The van der Waals surface area contributed by atoms with Crippen LogP contribution in [0.25, 0.3) is 10.9 Å². The van der Waals surface area contributed by atoms with Crippen LogP contribution >= 0.6 is 12.1 Å². The Morgan fingerprint density at radius 2 is 1.78 bits per heavy atom. The first kappa shape index (κ1) is 30.9. The highest BCUT2D eigenvalue weighted by molar-refractivity contribution is 7.98. The Morgan fingerprint density at radius 1 is 1.08 bits per heavy atom. The summed E-state index contributed by atoms with van der Waals surface area (Å²) in [4.78, 5) is 20.9. The van der Waals surface area contributed by atoms with Crippen LogP contribution in [0.15, 0.2) is 77.6 Å². The number of carbonyl (C=O) groups is 1. The van der Waals surface area contributed by atoms with Crippen LogP contribution in [0.2, 0.25) is 0 Å². The molecule has 1 amide bonds. The number of benzene rings is 2. The van der Waals surface area contributed by atoms with E-state index in [1.807, 2.05) is 113 Å². The largest absolute Gasteiger partial charge is 0.322 e. The molecule has 36 heavy (non-hydrogen) atoms. The number of rotatable bonds is 8. The first-order valence-corrected chi connectivity index (χ1v) is 13.2. The van der Waals surface area contributed by atoms with Crippen molar-refractivity contribution in [1.82, 2.24) is 9.29 Å². The molecule has 0 aliphatic heterocycles. The molecular formula is C29H41N5OS. The second kappa shape index (κ2) is 17.3. The molecule has 194 valence electrons. The molecule has 0 radical (unpaired) electrons. The molecule has 0 unspecified atom stereocenters. The third-order valence-electron chi connectivity index (χ3n) is 4.73. The summed E-state index contributed by atoms with van der Waals surface area (Å²) in [6.07, 6.45) is 6.67. The number of fused-ring (bicyclic) bond motifs is 1. The van der Waals surface area contributed by atoms with E-state index in [2.05, 4.69) is 33.4 Å². The maximum absolute atomic E-state index is 12.5. The average Bonchev–Trinajstić information content (AvgIpc) is 2.91. The van der Waals surface area contributed by atoms with Gasteiger partial charge in [-0.15, -0.1) is 0 Å². The van der Waals surface area contributed by atoms with Crippen LogP contribution in [-0.2, 0) is 0 Å². The Morgan fingerprint density at radius 3 is 2.36 bits per heavy atom. The second-order valence-electron chi connectivity index (χ2n) is 7.65. The number of aromatic nitrogens is 1. The Balaban J connectivity index is 0.000000554. The maximum atomic E-state index is 12.5. The molecule has 0 saturated carbocycles. The summed E-state index contributed by atoms with van der Waals surface area (Å²) in [5.74, 6) is -0.129. The molecule has 0 aliphatic rings. The number of pyridine rings is 1. The topological polar surface area (TPSA) is 60.8 Å². The van der Waals surface area contributed by atoms with Gasteiger partial charge in [-0.25, -0.2) is 4.31 Å². The fraction of sp³-hybridized carbons (Fsp3) is 0.345. The molecule has 0 spiro atoms. The SMILES string of the molecule is C/C=C(\C)N=CCC.CC.CCN(SN(C)C)c1ccc(C(=O)Nc2ccc3cccnc3c2)cc1. The molecule has 0 fully saturated rings. The third-order valence-corrected chi connectivity index (χ3v) is 5.72. The van der Waals surface area contributed by atoms with Crippen LogP contribution in [0.5, 0.6) is 0 Å². The van der Waals surface area contributed by atoms with Gasteiger partial charge in [0.1, 0.15) is 0 Å². The van der Waals surface area contributed by atoms with Crippen LogP contribution in [0.4, 0.5) is 11.4 Å². The van der Waals surface area contributed by atoms with Crippen LogP contribution in [-0.4, -0.2) is 42.1 Å². The van der Waals surface area contributed by atoms with Crippen molar-refractivity contribution >= 4 is 46.5 Å². The summed E-state index contributed by atoms with van der Waals surface area (Å²) in [5.41, 5.74) is 4.38. The first-order chi connectivity index (χ1) is 17.4. The van der Waals surface area contributed by atoms with Crippen molar-refractivity contribution < 1.29 is 4.79 Å². The minimum atomic E-state index is -0.129. The van der Waals surface area contributed by atoms with Crippen LogP contribution < -0.4 is 9.62 Å². The minimum Gasteiger partial charge on any atom is -0.322 e. The van der Waals surface area contributed by atoms with E-state index in [0.717, 1.165) is 40.9 Å². The maximum Gasteiger partial charge on any atom is 0.255 e. The molecule has 6 nitrogen and oxygen atoms in total. The van der Waals surface area contributed by atoms with Crippen molar-refractivity contribution in [2.45, 2.75) is 48.0 Å². The third kappa shape index (κ3) is 10.6. The van der Waals surface area contributed by atoms with Crippen molar-refractivity contribution in [2.75, 3.05) is 30.3 Å². The zero-order valence-electron chi connectivity index (χ0n) is 22.9. The Hall–Kier alpha value is -3.16. The number of aliphatic imine (C=N–C) groups is 1. The second-order valence-corrected chi connectivity index (χ2v) is 8.98. The van der Waals surface area contributed by atoms with Gasteiger partial charge in [0, 0.05) is 59.1 Å². The molecule has 1 aromatic heterocycles. The van der Waals surface area contributed by atoms with E-state index >= 15 is 0 Å². The smallest absolute Gasteiger partial charge is 0.255 e. The van der Waals surface area contributed by atoms with E-state index in [1.165, 1.54) is 0 Å². The van der Waals surface area contributed by atoms with Crippen LogP contribution in [0.1, 0.15) is 58.3 Å². The van der Waals surface area contributed by atoms with Gasteiger partial charge in [0.15, 0.2) is 0 Å². The summed E-state index contributed by atoms with van der Waals surface area (Å²) in [5, 5.41) is 3.99. The van der Waals surface area contributed by atoms with Crippen molar-refractivity contribution in [3.05, 3.63) is 78.1 Å². The predicted octanol–water partition coefficient (Wildman–Crippen LogP) is 7.86.